The molecular weight excluding hydrogens is 212 g/mol. The van der Waals surface area contributed by atoms with Crippen LogP contribution in [-0.4, -0.2) is 33.4 Å². The van der Waals surface area contributed by atoms with Crippen LogP contribution >= 0.6 is 0 Å². The summed E-state index contributed by atoms with van der Waals surface area (Å²) in [6.45, 7) is 4.32. The standard InChI is InChI=1S/C9H20O.C2H2O4/c1-3-5-7-9(10)8-6-4-2;3-1(4)2(5)6/h9-10H,3-8H2,1-2H3;(H,3,4)(H,5,6). The molecule has 0 unspecified atom stereocenters. The lowest BCUT2D eigenvalue weighted by atomic mass is 10.1. The third-order valence-electron chi connectivity index (χ3n) is 1.96. The Bertz CT molecular complexity index is 171. The summed E-state index contributed by atoms with van der Waals surface area (Å²) >= 11 is 0. The smallest absolute Gasteiger partial charge is 0.414 e. The van der Waals surface area contributed by atoms with E-state index in [1.807, 2.05) is 0 Å². The van der Waals surface area contributed by atoms with Crippen molar-refractivity contribution in [2.75, 3.05) is 0 Å². The van der Waals surface area contributed by atoms with E-state index in [9.17, 15) is 5.11 Å². The maximum absolute atomic E-state index is 9.31. The Labute approximate surface area is 96.1 Å². The molecule has 0 aliphatic heterocycles. The lowest BCUT2D eigenvalue weighted by Crippen LogP contribution is -2.09. The molecule has 0 aliphatic carbocycles. The van der Waals surface area contributed by atoms with Crippen LogP contribution in [0.3, 0.4) is 0 Å². The van der Waals surface area contributed by atoms with Crippen molar-refractivity contribution in [2.24, 2.45) is 0 Å². The Morgan fingerprint density at radius 2 is 1.25 bits per heavy atom. The molecule has 0 heterocycles. The Balaban J connectivity index is 0. The van der Waals surface area contributed by atoms with Crippen molar-refractivity contribution < 1.29 is 24.9 Å². The van der Waals surface area contributed by atoms with Crippen LogP contribution in [0.4, 0.5) is 0 Å². The van der Waals surface area contributed by atoms with E-state index in [0.29, 0.717) is 0 Å². The van der Waals surface area contributed by atoms with Gasteiger partial charge in [0, 0.05) is 0 Å². The number of unbranched alkanes of at least 4 members (excludes halogenated alkanes) is 2. The highest BCUT2D eigenvalue weighted by Gasteiger charge is 2.04. The van der Waals surface area contributed by atoms with E-state index in [0.717, 1.165) is 12.8 Å². The first-order valence-corrected chi connectivity index (χ1v) is 5.59. The molecule has 3 N–H and O–H groups in total. The summed E-state index contributed by atoms with van der Waals surface area (Å²) in [5, 5.41) is 24.1. The molecule has 0 bridgehead atoms. The Hall–Kier alpha value is -1.10. The van der Waals surface area contributed by atoms with E-state index in [4.69, 9.17) is 19.8 Å². The van der Waals surface area contributed by atoms with E-state index in [2.05, 4.69) is 13.8 Å². The SMILES string of the molecule is CCCCC(O)CCCC.O=C(O)C(=O)O. The quantitative estimate of drug-likeness (QED) is 0.610. The van der Waals surface area contributed by atoms with Gasteiger partial charge in [0.15, 0.2) is 0 Å². The fourth-order valence-corrected chi connectivity index (χ4v) is 1.02. The van der Waals surface area contributed by atoms with Gasteiger partial charge in [-0.05, 0) is 12.8 Å². The zero-order chi connectivity index (χ0) is 13.0. The van der Waals surface area contributed by atoms with Crippen LogP contribution in [-0.2, 0) is 9.59 Å². The average molecular weight is 234 g/mol. The Morgan fingerprint density at radius 1 is 0.938 bits per heavy atom. The normalized spacial score (nSPS) is 9.50. The molecule has 0 radical (unpaired) electrons. The first kappa shape index (κ1) is 17.3. The van der Waals surface area contributed by atoms with Gasteiger partial charge in [-0.15, -0.1) is 0 Å². The van der Waals surface area contributed by atoms with Crippen LogP contribution < -0.4 is 0 Å². The minimum absolute atomic E-state index is 0.0279. The van der Waals surface area contributed by atoms with Gasteiger partial charge in [-0.25, -0.2) is 9.59 Å². The topological polar surface area (TPSA) is 94.8 Å². The molecule has 96 valence electrons. The van der Waals surface area contributed by atoms with E-state index in [-0.39, 0.29) is 6.10 Å². The maximum atomic E-state index is 9.31. The largest absolute Gasteiger partial charge is 0.473 e. The van der Waals surface area contributed by atoms with Crippen molar-refractivity contribution in [3.05, 3.63) is 0 Å². The number of aliphatic hydroxyl groups is 1. The molecule has 0 spiro atoms. The zero-order valence-electron chi connectivity index (χ0n) is 9.98. The highest BCUT2D eigenvalue weighted by atomic mass is 16.4. The highest BCUT2D eigenvalue weighted by Crippen LogP contribution is 2.07. The van der Waals surface area contributed by atoms with Crippen LogP contribution in [0.2, 0.25) is 0 Å². The third-order valence-corrected chi connectivity index (χ3v) is 1.96. The Morgan fingerprint density at radius 3 is 1.44 bits per heavy atom. The molecule has 0 amide bonds. The van der Waals surface area contributed by atoms with Gasteiger partial charge in [-0.2, -0.15) is 0 Å². The molecular formula is C11H22O5. The maximum Gasteiger partial charge on any atom is 0.414 e. The summed E-state index contributed by atoms with van der Waals surface area (Å²) in [7, 11) is 0. The number of hydrogen-bond donors (Lipinski definition) is 3. The van der Waals surface area contributed by atoms with E-state index in [1.54, 1.807) is 0 Å². The summed E-state index contributed by atoms with van der Waals surface area (Å²) in [5.41, 5.74) is 0. The van der Waals surface area contributed by atoms with Crippen LogP contribution in [0.5, 0.6) is 0 Å². The number of carboxylic acids is 2. The number of aliphatic carboxylic acids is 2. The summed E-state index contributed by atoms with van der Waals surface area (Å²) in [6.07, 6.45) is 6.70. The number of aliphatic hydroxyl groups excluding tert-OH is 1. The predicted octanol–water partition coefficient (Wildman–Crippen LogP) is 1.88. The van der Waals surface area contributed by atoms with Gasteiger partial charge >= 0.3 is 11.9 Å². The molecule has 0 aliphatic rings. The first-order chi connectivity index (χ1) is 7.45. The van der Waals surface area contributed by atoms with Crippen molar-refractivity contribution in [2.45, 2.75) is 58.5 Å². The van der Waals surface area contributed by atoms with Gasteiger partial charge in [-0.1, -0.05) is 39.5 Å². The monoisotopic (exact) mass is 234 g/mol. The number of carbonyl (C=O) groups is 2. The molecule has 0 aromatic rings. The third kappa shape index (κ3) is 15.4. The Kier molecular flexibility index (Phi) is 12.9. The van der Waals surface area contributed by atoms with Crippen molar-refractivity contribution >= 4 is 11.9 Å². The molecule has 0 saturated carbocycles. The minimum Gasteiger partial charge on any atom is -0.473 e. The molecule has 0 aromatic carbocycles. The molecule has 0 saturated heterocycles. The van der Waals surface area contributed by atoms with Crippen LogP contribution in [0.15, 0.2) is 0 Å². The van der Waals surface area contributed by atoms with Crippen molar-refractivity contribution in [1.29, 1.82) is 0 Å². The van der Waals surface area contributed by atoms with Gasteiger partial charge in [0.25, 0.3) is 0 Å². The number of carboxylic acid groups (broad SMARTS) is 2. The fraction of sp³-hybridized carbons (Fsp3) is 0.818. The minimum atomic E-state index is -1.82. The van der Waals surface area contributed by atoms with Crippen molar-refractivity contribution in [3.63, 3.8) is 0 Å². The molecule has 16 heavy (non-hydrogen) atoms. The summed E-state index contributed by atoms with van der Waals surface area (Å²) in [5.74, 6) is -3.65. The number of hydrogen-bond acceptors (Lipinski definition) is 3. The van der Waals surface area contributed by atoms with Gasteiger partial charge in [0.05, 0.1) is 6.10 Å². The summed E-state index contributed by atoms with van der Waals surface area (Å²) < 4.78 is 0. The van der Waals surface area contributed by atoms with E-state index in [1.165, 1.54) is 25.7 Å². The van der Waals surface area contributed by atoms with Crippen molar-refractivity contribution in [3.8, 4) is 0 Å². The van der Waals surface area contributed by atoms with Crippen LogP contribution in [0.1, 0.15) is 52.4 Å². The molecule has 5 nitrogen and oxygen atoms in total. The average Bonchev–Trinajstić information content (AvgIpc) is 2.24. The highest BCUT2D eigenvalue weighted by molar-refractivity contribution is 6.27. The van der Waals surface area contributed by atoms with Gasteiger partial charge in [0.1, 0.15) is 0 Å². The molecule has 0 rings (SSSR count). The first-order valence-electron chi connectivity index (χ1n) is 5.59. The van der Waals surface area contributed by atoms with Gasteiger partial charge < -0.3 is 15.3 Å². The van der Waals surface area contributed by atoms with Crippen molar-refractivity contribution in [1.82, 2.24) is 0 Å². The summed E-state index contributed by atoms with van der Waals surface area (Å²) in [6, 6.07) is 0. The van der Waals surface area contributed by atoms with Gasteiger partial charge in [0.2, 0.25) is 0 Å². The summed E-state index contributed by atoms with van der Waals surface area (Å²) in [4.78, 5) is 18.2. The number of rotatable bonds is 6. The molecule has 0 fully saturated rings. The fourth-order valence-electron chi connectivity index (χ4n) is 1.02. The second-order valence-electron chi connectivity index (χ2n) is 3.55. The van der Waals surface area contributed by atoms with Crippen LogP contribution in [0.25, 0.3) is 0 Å². The van der Waals surface area contributed by atoms with Gasteiger partial charge in [-0.3, -0.25) is 0 Å². The molecule has 0 aromatic heterocycles. The second kappa shape index (κ2) is 12.0. The predicted molar refractivity (Wildman–Crippen MR) is 60.3 cm³/mol. The van der Waals surface area contributed by atoms with E-state index >= 15 is 0 Å². The lowest BCUT2D eigenvalue weighted by molar-refractivity contribution is -0.159. The van der Waals surface area contributed by atoms with E-state index < -0.39 is 11.9 Å². The zero-order valence-corrected chi connectivity index (χ0v) is 9.98. The second-order valence-corrected chi connectivity index (χ2v) is 3.55. The molecule has 5 heteroatoms. The van der Waals surface area contributed by atoms with Crippen LogP contribution in [0, 0.1) is 0 Å². The lowest BCUT2D eigenvalue weighted by Gasteiger charge is -2.07. The molecule has 0 atom stereocenters.